The van der Waals surface area contributed by atoms with E-state index in [4.69, 9.17) is 9.26 Å². The summed E-state index contributed by atoms with van der Waals surface area (Å²) in [5.74, 6) is 1.11. The molecule has 23 heavy (non-hydrogen) atoms. The van der Waals surface area contributed by atoms with Crippen LogP contribution < -0.4 is 0 Å². The van der Waals surface area contributed by atoms with Gasteiger partial charge >= 0.3 is 0 Å². The molecule has 1 amide bonds. The van der Waals surface area contributed by atoms with E-state index in [0.29, 0.717) is 24.7 Å². The number of methoxy groups -OCH3 is 1. The van der Waals surface area contributed by atoms with Gasteiger partial charge in [-0.2, -0.15) is 4.98 Å². The Morgan fingerprint density at radius 2 is 2.30 bits per heavy atom. The fraction of sp³-hybridized carbons (Fsp3) is 0.562. The van der Waals surface area contributed by atoms with Gasteiger partial charge in [0.1, 0.15) is 6.04 Å². The van der Waals surface area contributed by atoms with Crippen molar-refractivity contribution in [3.63, 3.8) is 0 Å². The van der Waals surface area contributed by atoms with E-state index in [0.717, 1.165) is 4.88 Å². The van der Waals surface area contributed by atoms with Gasteiger partial charge in [0.05, 0.1) is 11.5 Å². The third-order valence-electron chi connectivity index (χ3n) is 4.36. The van der Waals surface area contributed by atoms with E-state index in [1.807, 2.05) is 36.3 Å². The van der Waals surface area contributed by atoms with Crippen molar-refractivity contribution in [1.29, 1.82) is 0 Å². The van der Waals surface area contributed by atoms with Gasteiger partial charge in [-0.15, -0.1) is 11.3 Å². The molecule has 0 bridgehead atoms. The third-order valence-corrected chi connectivity index (χ3v) is 5.55. The van der Waals surface area contributed by atoms with Gasteiger partial charge in [0.2, 0.25) is 11.8 Å². The molecular weight excluding hydrogens is 314 g/mol. The number of ether oxygens (including phenoxy) is 1. The third kappa shape index (κ3) is 2.90. The van der Waals surface area contributed by atoms with Crippen molar-refractivity contribution in [3.8, 4) is 0 Å². The topological polar surface area (TPSA) is 68.5 Å². The molecule has 0 radical (unpaired) electrons. The van der Waals surface area contributed by atoms with Crippen LogP contribution in [0.15, 0.2) is 22.0 Å². The van der Waals surface area contributed by atoms with Crippen molar-refractivity contribution in [3.05, 3.63) is 34.1 Å². The summed E-state index contributed by atoms with van der Waals surface area (Å²) in [6, 6.07) is 3.74. The number of hydrogen-bond acceptors (Lipinski definition) is 6. The highest BCUT2D eigenvalue weighted by Crippen LogP contribution is 2.38. The van der Waals surface area contributed by atoms with Gasteiger partial charge < -0.3 is 14.2 Å². The quantitative estimate of drug-likeness (QED) is 0.859. The molecule has 0 spiro atoms. The standard InChI is InChI=1S/C16H21N3O3S/c1-10-17-14(22-18-10)12-8-11(21-4)9-19(12)15(20)16(2,3)13-6-5-7-23-13/h5-7,11-12H,8-9H2,1-4H3/t11-,12+/m0/s1. The second-order valence-electron chi connectivity index (χ2n) is 6.35. The SMILES string of the molecule is CO[C@H]1C[C@H](c2nc(C)no2)N(C(=O)C(C)(C)c2cccs2)C1. The average Bonchev–Trinajstić information content (AvgIpc) is 3.25. The number of nitrogens with zero attached hydrogens (tertiary/aromatic N) is 3. The highest BCUT2D eigenvalue weighted by molar-refractivity contribution is 7.10. The first kappa shape index (κ1) is 16.1. The van der Waals surface area contributed by atoms with Gasteiger partial charge in [-0.25, -0.2) is 0 Å². The van der Waals surface area contributed by atoms with E-state index in [2.05, 4.69) is 10.1 Å². The van der Waals surface area contributed by atoms with E-state index in [-0.39, 0.29) is 18.1 Å². The molecule has 0 saturated carbocycles. The minimum absolute atomic E-state index is 0.0182. The Morgan fingerprint density at radius 3 is 2.87 bits per heavy atom. The van der Waals surface area contributed by atoms with Crippen LogP contribution in [0.3, 0.4) is 0 Å². The summed E-state index contributed by atoms with van der Waals surface area (Å²) in [6.45, 7) is 6.22. The maximum Gasteiger partial charge on any atom is 0.249 e. The van der Waals surface area contributed by atoms with Gasteiger partial charge in [-0.3, -0.25) is 4.79 Å². The lowest BCUT2D eigenvalue weighted by molar-refractivity contribution is -0.138. The Kier molecular flexibility index (Phi) is 4.25. The molecule has 2 atom stereocenters. The number of carbonyl (C=O) groups is 1. The molecule has 2 aromatic rings. The number of aromatic nitrogens is 2. The molecule has 7 heteroatoms. The second kappa shape index (κ2) is 6.05. The maximum atomic E-state index is 13.2. The van der Waals surface area contributed by atoms with Gasteiger partial charge in [0.15, 0.2) is 5.82 Å². The summed E-state index contributed by atoms with van der Waals surface area (Å²) in [5.41, 5.74) is -0.593. The Morgan fingerprint density at radius 1 is 1.52 bits per heavy atom. The number of rotatable bonds is 4. The molecule has 0 aromatic carbocycles. The summed E-state index contributed by atoms with van der Waals surface area (Å²) < 4.78 is 10.8. The van der Waals surface area contributed by atoms with E-state index in [1.54, 1.807) is 25.4 Å². The summed E-state index contributed by atoms with van der Waals surface area (Å²) in [5, 5.41) is 5.85. The highest BCUT2D eigenvalue weighted by Gasteiger charge is 2.45. The number of aryl methyl sites for hydroxylation is 1. The van der Waals surface area contributed by atoms with Crippen molar-refractivity contribution >= 4 is 17.2 Å². The molecular formula is C16H21N3O3S. The molecule has 3 rings (SSSR count). The lowest BCUT2D eigenvalue weighted by Crippen LogP contribution is -2.43. The van der Waals surface area contributed by atoms with Crippen molar-refractivity contribution in [2.45, 2.75) is 44.8 Å². The van der Waals surface area contributed by atoms with Gasteiger partial charge in [0.25, 0.3) is 0 Å². The molecule has 124 valence electrons. The molecule has 6 nitrogen and oxygen atoms in total. The lowest BCUT2D eigenvalue weighted by Gasteiger charge is -2.31. The number of likely N-dealkylation sites (tertiary alicyclic amines) is 1. The van der Waals surface area contributed by atoms with Crippen LogP contribution in [-0.2, 0) is 14.9 Å². The maximum absolute atomic E-state index is 13.2. The molecule has 0 unspecified atom stereocenters. The largest absolute Gasteiger partial charge is 0.380 e. The lowest BCUT2D eigenvalue weighted by atomic mass is 9.89. The summed E-state index contributed by atoms with van der Waals surface area (Å²) in [4.78, 5) is 20.4. The Bertz CT molecular complexity index is 681. The van der Waals surface area contributed by atoms with Crippen LogP contribution in [-0.4, -0.2) is 40.7 Å². The smallest absolute Gasteiger partial charge is 0.249 e. The van der Waals surface area contributed by atoms with Crippen molar-refractivity contribution in [2.24, 2.45) is 0 Å². The normalized spacial score (nSPS) is 21.8. The second-order valence-corrected chi connectivity index (χ2v) is 7.30. The number of carbonyl (C=O) groups excluding carboxylic acids is 1. The average molecular weight is 335 g/mol. The minimum atomic E-state index is -0.593. The van der Waals surface area contributed by atoms with Gasteiger partial charge in [-0.1, -0.05) is 11.2 Å². The summed E-state index contributed by atoms with van der Waals surface area (Å²) >= 11 is 1.59. The number of amides is 1. The predicted octanol–water partition coefficient (Wildman–Crippen LogP) is 2.71. The Labute approximate surface area is 139 Å². The van der Waals surface area contributed by atoms with E-state index >= 15 is 0 Å². The zero-order valence-corrected chi connectivity index (χ0v) is 14.6. The first-order valence-electron chi connectivity index (χ1n) is 7.61. The van der Waals surface area contributed by atoms with Crippen molar-refractivity contribution in [1.82, 2.24) is 15.0 Å². The molecule has 1 saturated heterocycles. The molecule has 0 N–H and O–H groups in total. The van der Waals surface area contributed by atoms with Crippen LogP contribution >= 0.6 is 11.3 Å². The zero-order chi connectivity index (χ0) is 16.6. The van der Waals surface area contributed by atoms with E-state index in [1.165, 1.54) is 0 Å². The fourth-order valence-electron chi connectivity index (χ4n) is 2.97. The van der Waals surface area contributed by atoms with Gasteiger partial charge in [-0.05, 0) is 32.2 Å². The summed E-state index contributed by atoms with van der Waals surface area (Å²) in [7, 11) is 1.67. The molecule has 1 aliphatic rings. The van der Waals surface area contributed by atoms with Crippen LogP contribution in [0.1, 0.15) is 42.9 Å². The van der Waals surface area contributed by atoms with Crippen LogP contribution in [0.5, 0.6) is 0 Å². The monoisotopic (exact) mass is 335 g/mol. The van der Waals surface area contributed by atoms with Crippen LogP contribution in [0.4, 0.5) is 0 Å². The highest BCUT2D eigenvalue weighted by atomic mass is 32.1. The van der Waals surface area contributed by atoms with E-state index < -0.39 is 5.41 Å². The first-order chi connectivity index (χ1) is 10.9. The van der Waals surface area contributed by atoms with Crippen LogP contribution in [0.25, 0.3) is 0 Å². The molecule has 0 aliphatic carbocycles. The van der Waals surface area contributed by atoms with E-state index in [9.17, 15) is 4.79 Å². The Hall–Kier alpha value is -1.73. The molecule has 2 aromatic heterocycles. The van der Waals surface area contributed by atoms with Crippen molar-refractivity contribution < 1.29 is 14.1 Å². The zero-order valence-electron chi connectivity index (χ0n) is 13.8. The molecule has 1 aliphatic heterocycles. The number of thiophene rings is 1. The number of hydrogen-bond donors (Lipinski definition) is 0. The van der Waals surface area contributed by atoms with Crippen molar-refractivity contribution in [2.75, 3.05) is 13.7 Å². The Balaban J connectivity index is 1.90. The minimum Gasteiger partial charge on any atom is -0.380 e. The molecule has 3 heterocycles. The van der Waals surface area contributed by atoms with Gasteiger partial charge in [0, 0.05) is 25.0 Å². The molecule has 1 fully saturated rings. The van der Waals surface area contributed by atoms with Crippen LogP contribution in [0.2, 0.25) is 0 Å². The summed E-state index contributed by atoms with van der Waals surface area (Å²) in [6.07, 6.45) is 0.653. The first-order valence-corrected chi connectivity index (χ1v) is 8.49. The van der Waals surface area contributed by atoms with Crippen LogP contribution in [0, 0.1) is 6.92 Å². The predicted molar refractivity (Wildman–Crippen MR) is 86.2 cm³/mol. The fourth-order valence-corrected chi connectivity index (χ4v) is 3.82.